The molecule has 1 saturated heterocycles. The molecule has 22 heavy (non-hydrogen) atoms. The Morgan fingerprint density at radius 2 is 1.86 bits per heavy atom. The molecule has 0 aliphatic carbocycles. The molecule has 1 aliphatic heterocycles. The van der Waals surface area contributed by atoms with Crippen molar-refractivity contribution in [2.45, 2.75) is 25.7 Å². The van der Waals surface area contributed by atoms with Gasteiger partial charge in [0.2, 0.25) is 0 Å². The van der Waals surface area contributed by atoms with Crippen LogP contribution in [0.25, 0.3) is 16.8 Å². The van der Waals surface area contributed by atoms with Gasteiger partial charge in [-0.1, -0.05) is 30.3 Å². The van der Waals surface area contributed by atoms with E-state index in [-0.39, 0.29) is 0 Å². The third-order valence-electron chi connectivity index (χ3n) is 4.58. The van der Waals surface area contributed by atoms with Crippen LogP contribution in [-0.2, 0) is 0 Å². The molecule has 3 heteroatoms. The number of aromatic nitrogens is 2. The van der Waals surface area contributed by atoms with E-state index in [4.69, 9.17) is 4.98 Å². The SMILES string of the molecule is Cc1ccn2c(C3CCNCC3)nc(-c3ccccc3)c2c1. The number of hydrogen-bond acceptors (Lipinski definition) is 2. The smallest absolute Gasteiger partial charge is 0.117 e. The normalized spacial score (nSPS) is 16.2. The summed E-state index contributed by atoms with van der Waals surface area (Å²) in [5.41, 5.74) is 4.81. The van der Waals surface area contributed by atoms with Crippen LogP contribution in [0, 0.1) is 6.92 Å². The number of nitrogens with zero attached hydrogens (tertiary/aromatic N) is 2. The molecule has 0 atom stereocenters. The Hall–Kier alpha value is -2.13. The summed E-state index contributed by atoms with van der Waals surface area (Å²) < 4.78 is 2.30. The van der Waals surface area contributed by atoms with Gasteiger partial charge >= 0.3 is 0 Å². The highest BCUT2D eigenvalue weighted by Crippen LogP contribution is 2.31. The molecule has 4 rings (SSSR count). The number of imidazole rings is 1. The second-order valence-electron chi connectivity index (χ2n) is 6.17. The molecule has 1 N–H and O–H groups in total. The lowest BCUT2D eigenvalue weighted by Crippen LogP contribution is -2.27. The first-order valence-electron chi connectivity index (χ1n) is 8.07. The van der Waals surface area contributed by atoms with E-state index in [0.29, 0.717) is 5.92 Å². The molecule has 3 aromatic rings. The summed E-state index contributed by atoms with van der Waals surface area (Å²) in [7, 11) is 0. The molecule has 0 amide bonds. The summed E-state index contributed by atoms with van der Waals surface area (Å²) in [6.07, 6.45) is 4.52. The molecule has 1 aromatic carbocycles. The van der Waals surface area contributed by atoms with Crippen molar-refractivity contribution in [2.24, 2.45) is 0 Å². The van der Waals surface area contributed by atoms with E-state index in [9.17, 15) is 0 Å². The van der Waals surface area contributed by atoms with Crippen molar-refractivity contribution < 1.29 is 0 Å². The summed E-state index contributed by atoms with van der Waals surface area (Å²) in [4.78, 5) is 5.06. The first kappa shape index (κ1) is 13.5. The highest BCUT2D eigenvalue weighted by molar-refractivity contribution is 5.78. The van der Waals surface area contributed by atoms with Gasteiger partial charge in [0, 0.05) is 17.7 Å². The van der Waals surface area contributed by atoms with Crippen LogP contribution in [0.4, 0.5) is 0 Å². The number of hydrogen-bond donors (Lipinski definition) is 1. The maximum absolute atomic E-state index is 5.06. The fourth-order valence-electron chi connectivity index (χ4n) is 3.39. The van der Waals surface area contributed by atoms with Crippen molar-refractivity contribution in [3.63, 3.8) is 0 Å². The minimum atomic E-state index is 0.550. The average Bonchev–Trinajstić information content (AvgIpc) is 2.95. The van der Waals surface area contributed by atoms with Crippen LogP contribution in [0.15, 0.2) is 48.7 Å². The van der Waals surface area contributed by atoms with E-state index in [1.807, 2.05) is 0 Å². The summed E-state index contributed by atoms with van der Waals surface area (Å²) in [5, 5.41) is 3.44. The van der Waals surface area contributed by atoms with E-state index in [2.05, 4.69) is 65.3 Å². The number of fused-ring (bicyclic) bond motifs is 1. The zero-order valence-corrected chi connectivity index (χ0v) is 12.9. The van der Waals surface area contributed by atoms with E-state index < -0.39 is 0 Å². The predicted molar refractivity (Wildman–Crippen MR) is 90.2 cm³/mol. The first-order valence-corrected chi connectivity index (χ1v) is 8.07. The lowest BCUT2D eigenvalue weighted by Gasteiger charge is -2.21. The van der Waals surface area contributed by atoms with Crippen molar-refractivity contribution in [3.05, 3.63) is 60.0 Å². The van der Waals surface area contributed by atoms with Crippen LogP contribution < -0.4 is 5.32 Å². The third-order valence-corrected chi connectivity index (χ3v) is 4.58. The number of piperidine rings is 1. The Morgan fingerprint density at radius 1 is 1.09 bits per heavy atom. The molecule has 0 unspecified atom stereocenters. The first-order chi connectivity index (χ1) is 10.8. The summed E-state index contributed by atoms with van der Waals surface area (Å²) in [6.45, 7) is 4.32. The number of pyridine rings is 1. The van der Waals surface area contributed by atoms with Crippen LogP contribution in [0.5, 0.6) is 0 Å². The number of rotatable bonds is 2. The van der Waals surface area contributed by atoms with E-state index in [0.717, 1.165) is 18.8 Å². The second-order valence-corrected chi connectivity index (χ2v) is 6.17. The number of nitrogens with one attached hydrogen (secondary N) is 1. The predicted octanol–water partition coefficient (Wildman–Crippen LogP) is 3.78. The largest absolute Gasteiger partial charge is 0.317 e. The van der Waals surface area contributed by atoms with Gasteiger partial charge in [0.15, 0.2) is 0 Å². The highest BCUT2D eigenvalue weighted by Gasteiger charge is 2.22. The molecule has 0 saturated carbocycles. The fraction of sp³-hybridized carbons (Fsp3) is 0.316. The van der Waals surface area contributed by atoms with Crippen LogP contribution in [0.2, 0.25) is 0 Å². The molecule has 3 nitrogen and oxygen atoms in total. The van der Waals surface area contributed by atoms with Gasteiger partial charge < -0.3 is 9.72 Å². The van der Waals surface area contributed by atoms with Crippen LogP contribution in [0.3, 0.4) is 0 Å². The van der Waals surface area contributed by atoms with Crippen LogP contribution in [0.1, 0.15) is 30.1 Å². The maximum Gasteiger partial charge on any atom is 0.117 e. The zero-order valence-electron chi connectivity index (χ0n) is 12.9. The topological polar surface area (TPSA) is 29.3 Å². The lowest BCUT2D eigenvalue weighted by atomic mass is 9.97. The molecule has 1 aliphatic rings. The summed E-state index contributed by atoms with van der Waals surface area (Å²) in [6, 6.07) is 14.9. The zero-order chi connectivity index (χ0) is 14.9. The second kappa shape index (κ2) is 5.58. The van der Waals surface area contributed by atoms with Gasteiger partial charge in [-0.15, -0.1) is 0 Å². The summed E-state index contributed by atoms with van der Waals surface area (Å²) in [5.74, 6) is 1.77. The van der Waals surface area contributed by atoms with Gasteiger partial charge in [0.25, 0.3) is 0 Å². The number of benzene rings is 1. The van der Waals surface area contributed by atoms with Gasteiger partial charge in [-0.05, 0) is 50.6 Å². The highest BCUT2D eigenvalue weighted by atomic mass is 15.0. The van der Waals surface area contributed by atoms with Crippen molar-refractivity contribution >= 4 is 5.52 Å². The molecule has 1 fully saturated rings. The van der Waals surface area contributed by atoms with Gasteiger partial charge in [-0.25, -0.2) is 4.98 Å². The molecule has 0 bridgehead atoms. The van der Waals surface area contributed by atoms with Crippen molar-refractivity contribution in [2.75, 3.05) is 13.1 Å². The van der Waals surface area contributed by atoms with E-state index in [1.54, 1.807) is 0 Å². The van der Waals surface area contributed by atoms with Crippen molar-refractivity contribution in [1.29, 1.82) is 0 Å². The minimum Gasteiger partial charge on any atom is -0.317 e. The summed E-state index contributed by atoms with van der Waals surface area (Å²) >= 11 is 0. The Balaban J connectivity index is 1.91. The Bertz CT molecular complexity index is 783. The third kappa shape index (κ3) is 2.32. The molecular weight excluding hydrogens is 270 g/mol. The standard InChI is InChI=1S/C19H21N3/c1-14-9-12-22-17(13-14)18(15-5-3-2-4-6-15)21-19(22)16-7-10-20-11-8-16/h2-6,9,12-13,16,20H,7-8,10-11H2,1H3. The van der Waals surface area contributed by atoms with E-state index >= 15 is 0 Å². The monoisotopic (exact) mass is 291 g/mol. The maximum atomic E-state index is 5.06. The fourth-order valence-corrected chi connectivity index (χ4v) is 3.39. The Labute approximate surface area is 131 Å². The van der Waals surface area contributed by atoms with Gasteiger partial charge in [0.05, 0.1) is 11.2 Å². The van der Waals surface area contributed by atoms with Gasteiger partial charge in [-0.3, -0.25) is 0 Å². The van der Waals surface area contributed by atoms with Crippen molar-refractivity contribution in [1.82, 2.24) is 14.7 Å². The minimum absolute atomic E-state index is 0.550. The average molecular weight is 291 g/mol. The Kier molecular flexibility index (Phi) is 3.43. The number of aryl methyl sites for hydroxylation is 1. The van der Waals surface area contributed by atoms with Crippen molar-refractivity contribution in [3.8, 4) is 11.3 Å². The quantitative estimate of drug-likeness (QED) is 0.778. The molecule has 112 valence electrons. The van der Waals surface area contributed by atoms with E-state index in [1.165, 1.54) is 35.3 Å². The molecule has 3 heterocycles. The lowest BCUT2D eigenvalue weighted by molar-refractivity contribution is 0.444. The Morgan fingerprint density at radius 3 is 2.64 bits per heavy atom. The van der Waals surface area contributed by atoms with Gasteiger partial charge in [-0.2, -0.15) is 0 Å². The van der Waals surface area contributed by atoms with Crippen LogP contribution in [-0.4, -0.2) is 22.5 Å². The molecular formula is C19H21N3. The molecule has 2 aromatic heterocycles. The molecule has 0 radical (unpaired) electrons. The van der Waals surface area contributed by atoms with Crippen LogP contribution >= 0.6 is 0 Å². The van der Waals surface area contributed by atoms with Gasteiger partial charge in [0.1, 0.15) is 5.82 Å². The molecule has 0 spiro atoms.